The monoisotopic (exact) mass is 174 g/mol. The van der Waals surface area contributed by atoms with Gasteiger partial charge in [-0.25, -0.2) is 0 Å². The van der Waals surface area contributed by atoms with Crippen LogP contribution in [0.25, 0.3) is 0 Å². The van der Waals surface area contributed by atoms with E-state index in [1.54, 1.807) is 0 Å². The third-order valence-electron chi connectivity index (χ3n) is 2.63. The van der Waals surface area contributed by atoms with Gasteiger partial charge < -0.3 is 5.11 Å². The molecule has 0 aromatic rings. The number of aliphatic hydroxyl groups is 1. The van der Waals surface area contributed by atoms with E-state index in [2.05, 4.69) is 25.6 Å². The highest BCUT2D eigenvalue weighted by atomic mass is 32.2. The molecule has 1 unspecified atom stereocenters. The third kappa shape index (κ3) is 2.38. The second-order valence-electron chi connectivity index (χ2n) is 3.80. The standard InChI is InChI=1S/C9H18OS/c1-9(2)8(4-3-6-10)5-7-11-9/h8,10H,3-7H2,1-2H3. The molecule has 0 aliphatic carbocycles. The zero-order chi connectivity index (χ0) is 8.32. The maximum Gasteiger partial charge on any atom is 0.0431 e. The molecule has 0 amide bonds. The van der Waals surface area contributed by atoms with Crippen molar-refractivity contribution in [1.82, 2.24) is 0 Å². The molecule has 66 valence electrons. The normalized spacial score (nSPS) is 29.2. The first-order valence-corrected chi connectivity index (χ1v) is 5.40. The molecule has 0 bridgehead atoms. The second-order valence-corrected chi connectivity index (χ2v) is 5.55. The van der Waals surface area contributed by atoms with Gasteiger partial charge in [0.25, 0.3) is 0 Å². The Morgan fingerprint density at radius 2 is 2.27 bits per heavy atom. The minimum atomic E-state index is 0.358. The molecule has 0 aromatic heterocycles. The fourth-order valence-corrected chi connectivity index (χ4v) is 3.16. The molecule has 1 N–H and O–H groups in total. The Bertz CT molecular complexity index is 123. The second kappa shape index (κ2) is 3.81. The molecule has 1 nitrogen and oxygen atoms in total. The van der Waals surface area contributed by atoms with E-state index in [0.717, 1.165) is 12.3 Å². The van der Waals surface area contributed by atoms with Gasteiger partial charge in [-0.1, -0.05) is 13.8 Å². The van der Waals surface area contributed by atoms with E-state index in [1.165, 1.54) is 18.6 Å². The van der Waals surface area contributed by atoms with Crippen molar-refractivity contribution in [2.45, 2.75) is 37.9 Å². The molecule has 11 heavy (non-hydrogen) atoms. The van der Waals surface area contributed by atoms with Crippen LogP contribution in [0.1, 0.15) is 33.1 Å². The fraction of sp³-hybridized carbons (Fsp3) is 1.00. The van der Waals surface area contributed by atoms with Crippen molar-refractivity contribution >= 4 is 11.8 Å². The molecule has 0 saturated carbocycles. The van der Waals surface area contributed by atoms with Gasteiger partial charge in [-0.05, 0) is 30.9 Å². The molecule has 1 rings (SSSR count). The quantitative estimate of drug-likeness (QED) is 0.708. The van der Waals surface area contributed by atoms with Crippen LogP contribution in [-0.2, 0) is 0 Å². The summed E-state index contributed by atoms with van der Waals surface area (Å²) in [6, 6.07) is 0. The van der Waals surface area contributed by atoms with Crippen molar-refractivity contribution in [3.05, 3.63) is 0 Å². The van der Waals surface area contributed by atoms with E-state index in [0.29, 0.717) is 11.4 Å². The van der Waals surface area contributed by atoms with Crippen molar-refractivity contribution in [2.24, 2.45) is 5.92 Å². The Balaban J connectivity index is 2.32. The molecular formula is C9H18OS. The van der Waals surface area contributed by atoms with Crippen molar-refractivity contribution in [3.8, 4) is 0 Å². The summed E-state index contributed by atoms with van der Waals surface area (Å²) in [6.45, 7) is 5.01. The van der Waals surface area contributed by atoms with E-state index in [9.17, 15) is 0 Å². The Morgan fingerprint density at radius 3 is 2.73 bits per heavy atom. The maximum absolute atomic E-state index is 8.69. The zero-order valence-electron chi connectivity index (χ0n) is 7.47. The first-order valence-electron chi connectivity index (χ1n) is 4.41. The molecule has 0 radical (unpaired) electrons. The third-order valence-corrected chi connectivity index (χ3v) is 4.15. The molecule has 1 fully saturated rings. The predicted molar refractivity (Wildman–Crippen MR) is 51.0 cm³/mol. The van der Waals surface area contributed by atoms with Gasteiger partial charge >= 0.3 is 0 Å². The van der Waals surface area contributed by atoms with Crippen LogP contribution in [0.5, 0.6) is 0 Å². The summed E-state index contributed by atoms with van der Waals surface area (Å²) in [4.78, 5) is 0. The Morgan fingerprint density at radius 1 is 1.55 bits per heavy atom. The first-order chi connectivity index (χ1) is 5.17. The topological polar surface area (TPSA) is 20.2 Å². The van der Waals surface area contributed by atoms with E-state index in [1.807, 2.05) is 0 Å². The van der Waals surface area contributed by atoms with Crippen LogP contribution in [0.2, 0.25) is 0 Å². The molecule has 1 aliphatic rings. The lowest BCUT2D eigenvalue weighted by Crippen LogP contribution is -2.22. The molecule has 0 aromatic carbocycles. The van der Waals surface area contributed by atoms with Gasteiger partial charge in [0.05, 0.1) is 0 Å². The van der Waals surface area contributed by atoms with Crippen LogP contribution in [0.15, 0.2) is 0 Å². The van der Waals surface area contributed by atoms with E-state index in [-0.39, 0.29) is 0 Å². The number of aliphatic hydroxyl groups excluding tert-OH is 1. The lowest BCUT2D eigenvalue weighted by molar-refractivity contribution is 0.263. The minimum absolute atomic E-state index is 0.358. The van der Waals surface area contributed by atoms with Gasteiger partial charge in [0, 0.05) is 11.4 Å². The van der Waals surface area contributed by atoms with Gasteiger partial charge in [-0.2, -0.15) is 11.8 Å². The summed E-state index contributed by atoms with van der Waals surface area (Å²) in [6.07, 6.45) is 3.53. The van der Waals surface area contributed by atoms with Crippen LogP contribution in [0.4, 0.5) is 0 Å². The van der Waals surface area contributed by atoms with Crippen LogP contribution >= 0.6 is 11.8 Å². The Hall–Kier alpha value is 0.310. The maximum atomic E-state index is 8.69. The molecule has 1 atom stereocenters. The minimum Gasteiger partial charge on any atom is -0.396 e. The van der Waals surface area contributed by atoms with E-state index >= 15 is 0 Å². The summed E-state index contributed by atoms with van der Waals surface area (Å²) >= 11 is 2.08. The largest absolute Gasteiger partial charge is 0.396 e. The lowest BCUT2D eigenvalue weighted by Gasteiger charge is -2.25. The molecule has 1 aliphatic heterocycles. The highest BCUT2D eigenvalue weighted by Gasteiger charge is 2.34. The molecule has 2 heteroatoms. The lowest BCUT2D eigenvalue weighted by atomic mass is 9.89. The van der Waals surface area contributed by atoms with Crippen molar-refractivity contribution < 1.29 is 5.11 Å². The summed E-state index contributed by atoms with van der Waals surface area (Å²) in [5.74, 6) is 2.14. The van der Waals surface area contributed by atoms with Crippen LogP contribution in [0, 0.1) is 5.92 Å². The van der Waals surface area contributed by atoms with Crippen LogP contribution in [-0.4, -0.2) is 22.2 Å². The first kappa shape index (κ1) is 9.40. The predicted octanol–water partition coefficient (Wildman–Crippen LogP) is 2.29. The van der Waals surface area contributed by atoms with E-state index < -0.39 is 0 Å². The smallest absolute Gasteiger partial charge is 0.0431 e. The molecular weight excluding hydrogens is 156 g/mol. The highest BCUT2D eigenvalue weighted by Crippen LogP contribution is 2.44. The van der Waals surface area contributed by atoms with Gasteiger partial charge in [0.2, 0.25) is 0 Å². The van der Waals surface area contributed by atoms with Crippen molar-refractivity contribution in [1.29, 1.82) is 0 Å². The Kier molecular flexibility index (Phi) is 3.26. The average Bonchev–Trinajstić information content (AvgIpc) is 2.25. The van der Waals surface area contributed by atoms with Gasteiger partial charge in [0.1, 0.15) is 0 Å². The van der Waals surface area contributed by atoms with Crippen molar-refractivity contribution in [2.75, 3.05) is 12.4 Å². The molecule has 1 saturated heterocycles. The number of rotatable bonds is 3. The van der Waals surface area contributed by atoms with E-state index in [4.69, 9.17) is 5.11 Å². The molecule has 0 spiro atoms. The number of hydrogen-bond donors (Lipinski definition) is 1. The van der Waals surface area contributed by atoms with Crippen LogP contribution < -0.4 is 0 Å². The summed E-state index contributed by atoms with van der Waals surface area (Å²) < 4.78 is 0.467. The van der Waals surface area contributed by atoms with Crippen LogP contribution in [0.3, 0.4) is 0 Å². The van der Waals surface area contributed by atoms with Crippen molar-refractivity contribution in [3.63, 3.8) is 0 Å². The number of thioether (sulfide) groups is 1. The zero-order valence-corrected chi connectivity index (χ0v) is 8.28. The number of hydrogen-bond acceptors (Lipinski definition) is 2. The average molecular weight is 174 g/mol. The summed E-state index contributed by atoms with van der Waals surface area (Å²) in [5, 5.41) is 8.69. The van der Waals surface area contributed by atoms with Gasteiger partial charge in [-0.3, -0.25) is 0 Å². The highest BCUT2D eigenvalue weighted by molar-refractivity contribution is 8.00. The summed E-state index contributed by atoms with van der Waals surface area (Å²) in [7, 11) is 0. The van der Waals surface area contributed by atoms with Gasteiger partial charge in [0.15, 0.2) is 0 Å². The SMILES string of the molecule is CC1(C)SCCC1CCCO. The summed E-state index contributed by atoms with van der Waals surface area (Å²) in [5.41, 5.74) is 0. The fourth-order valence-electron chi connectivity index (χ4n) is 1.76. The Labute approximate surface area is 73.6 Å². The molecule has 1 heterocycles. The van der Waals surface area contributed by atoms with Gasteiger partial charge in [-0.15, -0.1) is 0 Å².